The molecular weight excluding hydrogens is 400 g/mol. The third-order valence-corrected chi connectivity index (χ3v) is 6.25. The molecule has 1 N–H and O–H groups in total. The molecule has 3 aromatic carbocycles. The van der Waals surface area contributed by atoms with Gasteiger partial charge >= 0.3 is 0 Å². The molecule has 0 aliphatic carbocycles. The first-order chi connectivity index (χ1) is 15.8. The lowest BCUT2D eigenvalue weighted by atomic mass is 9.92. The quantitative estimate of drug-likeness (QED) is 0.468. The number of hydrogen-bond donors (Lipinski definition) is 1. The SMILES string of the molecule is O=C(/C=C/c1ccccc1)N1CCc2c([nH]c3ccccc23)[C@H]1c1ccc2c(c1)OCO2. The summed E-state index contributed by atoms with van der Waals surface area (Å²) in [7, 11) is 0. The minimum Gasteiger partial charge on any atom is -0.454 e. The molecule has 0 unspecified atom stereocenters. The molecule has 158 valence electrons. The Morgan fingerprint density at radius 1 is 0.969 bits per heavy atom. The molecule has 2 aliphatic rings. The molecule has 5 heteroatoms. The number of carbonyl (C=O) groups excluding carboxylic acids is 1. The van der Waals surface area contributed by atoms with Gasteiger partial charge in [-0.3, -0.25) is 4.79 Å². The molecular formula is C27H22N2O3. The Balaban J connectivity index is 1.44. The standard InChI is InChI=1S/C27H22N2O3/c30-25(13-10-18-6-2-1-3-7-18)29-15-14-21-20-8-4-5-9-22(20)28-26(21)27(29)19-11-12-23-24(16-19)32-17-31-23/h1-13,16,27-28H,14-15,17H2/b13-10+/t27-/m1/s1. The molecule has 1 atom stereocenters. The van der Waals surface area contributed by atoms with Gasteiger partial charge in [0.25, 0.3) is 0 Å². The maximum Gasteiger partial charge on any atom is 0.247 e. The molecule has 0 spiro atoms. The number of amides is 1. The van der Waals surface area contributed by atoms with Crippen LogP contribution in [0.5, 0.6) is 11.5 Å². The number of aromatic nitrogens is 1. The first-order valence-corrected chi connectivity index (χ1v) is 10.8. The number of H-pyrrole nitrogens is 1. The molecule has 0 saturated heterocycles. The highest BCUT2D eigenvalue weighted by Crippen LogP contribution is 2.42. The van der Waals surface area contributed by atoms with E-state index in [1.807, 2.05) is 65.6 Å². The zero-order valence-electron chi connectivity index (χ0n) is 17.5. The van der Waals surface area contributed by atoms with Crippen LogP contribution in [0.1, 0.15) is 28.4 Å². The predicted octanol–water partition coefficient (Wildman–Crippen LogP) is 5.08. The summed E-state index contributed by atoms with van der Waals surface area (Å²) in [6.45, 7) is 0.871. The van der Waals surface area contributed by atoms with E-state index in [-0.39, 0.29) is 18.7 Å². The number of carbonyl (C=O) groups is 1. The van der Waals surface area contributed by atoms with E-state index < -0.39 is 0 Å². The third kappa shape index (κ3) is 3.14. The lowest BCUT2D eigenvalue weighted by molar-refractivity contribution is -0.128. The lowest BCUT2D eigenvalue weighted by Crippen LogP contribution is -2.39. The summed E-state index contributed by atoms with van der Waals surface area (Å²) in [5, 5.41) is 1.22. The van der Waals surface area contributed by atoms with Gasteiger partial charge in [-0.15, -0.1) is 0 Å². The van der Waals surface area contributed by atoms with Gasteiger partial charge in [-0.1, -0.05) is 54.6 Å². The van der Waals surface area contributed by atoms with Crippen LogP contribution >= 0.6 is 0 Å². The van der Waals surface area contributed by atoms with Gasteiger partial charge < -0.3 is 19.4 Å². The van der Waals surface area contributed by atoms with E-state index in [0.29, 0.717) is 6.54 Å². The summed E-state index contributed by atoms with van der Waals surface area (Å²) in [5.41, 5.74) is 5.45. The van der Waals surface area contributed by atoms with Gasteiger partial charge in [-0.25, -0.2) is 0 Å². The number of para-hydroxylation sites is 1. The summed E-state index contributed by atoms with van der Waals surface area (Å²) in [5.74, 6) is 1.45. The van der Waals surface area contributed by atoms with E-state index in [2.05, 4.69) is 23.2 Å². The van der Waals surface area contributed by atoms with Crippen molar-refractivity contribution < 1.29 is 14.3 Å². The second-order valence-corrected chi connectivity index (χ2v) is 8.10. The molecule has 1 amide bonds. The maximum atomic E-state index is 13.4. The van der Waals surface area contributed by atoms with E-state index in [4.69, 9.17) is 9.47 Å². The summed E-state index contributed by atoms with van der Waals surface area (Å²) < 4.78 is 11.1. The van der Waals surface area contributed by atoms with Crippen molar-refractivity contribution in [3.63, 3.8) is 0 Å². The average molecular weight is 422 g/mol. The van der Waals surface area contributed by atoms with E-state index in [1.54, 1.807) is 6.08 Å². The molecule has 2 aliphatic heterocycles. The topological polar surface area (TPSA) is 54.6 Å². The summed E-state index contributed by atoms with van der Waals surface area (Å²) in [6, 6.07) is 23.9. The van der Waals surface area contributed by atoms with E-state index in [1.165, 1.54) is 10.9 Å². The monoisotopic (exact) mass is 422 g/mol. The van der Waals surface area contributed by atoms with E-state index >= 15 is 0 Å². The number of rotatable bonds is 3. The smallest absolute Gasteiger partial charge is 0.247 e. The van der Waals surface area contributed by atoms with Crippen LogP contribution in [-0.4, -0.2) is 29.1 Å². The minimum atomic E-state index is -0.228. The lowest BCUT2D eigenvalue weighted by Gasteiger charge is -2.35. The molecule has 0 saturated carbocycles. The second kappa shape index (κ2) is 7.61. The highest BCUT2D eigenvalue weighted by Gasteiger charge is 2.34. The summed E-state index contributed by atoms with van der Waals surface area (Å²) in [4.78, 5) is 18.9. The van der Waals surface area contributed by atoms with Gasteiger partial charge in [0.1, 0.15) is 0 Å². The Morgan fingerprint density at radius 3 is 2.69 bits per heavy atom. The highest BCUT2D eigenvalue weighted by atomic mass is 16.7. The van der Waals surface area contributed by atoms with Crippen LogP contribution in [-0.2, 0) is 11.2 Å². The number of ether oxygens (including phenoxy) is 2. The molecule has 0 fully saturated rings. The van der Waals surface area contributed by atoms with Crippen LogP contribution in [0.3, 0.4) is 0 Å². The second-order valence-electron chi connectivity index (χ2n) is 8.10. The molecule has 0 radical (unpaired) electrons. The highest BCUT2D eigenvalue weighted by molar-refractivity contribution is 5.93. The van der Waals surface area contributed by atoms with Crippen molar-refractivity contribution in [1.82, 2.24) is 9.88 Å². The van der Waals surface area contributed by atoms with Gasteiger partial charge in [0.05, 0.1) is 6.04 Å². The average Bonchev–Trinajstić information content (AvgIpc) is 3.46. The van der Waals surface area contributed by atoms with E-state index in [9.17, 15) is 4.79 Å². The van der Waals surface area contributed by atoms with Crippen molar-refractivity contribution in [1.29, 1.82) is 0 Å². The maximum absolute atomic E-state index is 13.4. The van der Waals surface area contributed by atoms with Gasteiger partial charge in [0.15, 0.2) is 11.5 Å². The molecule has 3 heterocycles. The van der Waals surface area contributed by atoms with Gasteiger partial charge in [-0.05, 0) is 47.4 Å². The third-order valence-electron chi connectivity index (χ3n) is 6.25. The molecule has 4 aromatic rings. The largest absolute Gasteiger partial charge is 0.454 e. The van der Waals surface area contributed by atoms with Crippen LogP contribution in [0.2, 0.25) is 0 Å². The van der Waals surface area contributed by atoms with Crippen LogP contribution in [0.25, 0.3) is 17.0 Å². The van der Waals surface area contributed by atoms with Crippen molar-refractivity contribution in [3.8, 4) is 11.5 Å². The molecule has 1 aromatic heterocycles. The van der Waals surface area contributed by atoms with Crippen molar-refractivity contribution in [2.75, 3.05) is 13.3 Å². The molecule has 6 rings (SSSR count). The van der Waals surface area contributed by atoms with Gasteiger partial charge in [0, 0.05) is 29.2 Å². The number of fused-ring (bicyclic) bond motifs is 4. The van der Waals surface area contributed by atoms with Crippen LogP contribution < -0.4 is 9.47 Å². The number of nitrogens with zero attached hydrogens (tertiary/aromatic N) is 1. The van der Waals surface area contributed by atoms with Crippen molar-refractivity contribution in [2.24, 2.45) is 0 Å². The first kappa shape index (κ1) is 18.8. The molecule has 0 bridgehead atoms. The number of aromatic amines is 1. The number of nitrogens with one attached hydrogen (secondary N) is 1. The van der Waals surface area contributed by atoms with Crippen molar-refractivity contribution in [3.05, 3.63) is 101 Å². The fourth-order valence-corrected chi connectivity index (χ4v) is 4.74. The van der Waals surface area contributed by atoms with Gasteiger partial charge in [-0.2, -0.15) is 0 Å². The Morgan fingerprint density at radius 2 is 1.78 bits per heavy atom. The normalized spacial score (nSPS) is 17.1. The predicted molar refractivity (Wildman–Crippen MR) is 124 cm³/mol. The Hall–Kier alpha value is -3.99. The van der Waals surface area contributed by atoms with E-state index in [0.717, 1.165) is 40.3 Å². The zero-order chi connectivity index (χ0) is 21.5. The first-order valence-electron chi connectivity index (χ1n) is 10.8. The Bertz CT molecular complexity index is 1340. The fourth-order valence-electron chi connectivity index (χ4n) is 4.74. The summed E-state index contributed by atoms with van der Waals surface area (Å²) in [6.07, 6.45) is 4.36. The Kier molecular flexibility index (Phi) is 4.46. The number of benzene rings is 3. The zero-order valence-corrected chi connectivity index (χ0v) is 17.5. The van der Waals surface area contributed by atoms with Crippen molar-refractivity contribution >= 4 is 22.9 Å². The van der Waals surface area contributed by atoms with Crippen LogP contribution in [0.4, 0.5) is 0 Å². The number of hydrogen-bond acceptors (Lipinski definition) is 3. The minimum absolute atomic E-state index is 0.0131. The Labute approximate surface area is 185 Å². The van der Waals surface area contributed by atoms with Gasteiger partial charge in [0.2, 0.25) is 12.7 Å². The summed E-state index contributed by atoms with van der Waals surface area (Å²) >= 11 is 0. The van der Waals surface area contributed by atoms with Crippen LogP contribution in [0.15, 0.2) is 78.9 Å². The molecule has 32 heavy (non-hydrogen) atoms. The van der Waals surface area contributed by atoms with Crippen LogP contribution in [0, 0.1) is 0 Å². The van der Waals surface area contributed by atoms with Crippen molar-refractivity contribution in [2.45, 2.75) is 12.5 Å². The molecule has 5 nitrogen and oxygen atoms in total. The fraction of sp³-hybridized carbons (Fsp3) is 0.148.